The number of aromatic nitrogens is 1. The second kappa shape index (κ2) is 15.5. The highest BCUT2D eigenvalue weighted by Crippen LogP contribution is 2.48. The summed E-state index contributed by atoms with van der Waals surface area (Å²) in [6, 6.07) is 79.5. The summed E-state index contributed by atoms with van der Waals surface area (Å²) < 4.78 is 2.64. The van der Waals surface area contributed by atoms with Crippen molar-refractivity contribution in [2.75, 3.05) is 9.80 Å². The van der Waals surface area contributed by atoms with Gasteiger partial charge < -0.3 is 14.4 Å². The molecule has 68 heavy (non-hydrogen) atoms. The average molecular weight is 878 g/mol. The SMILES string of the molecule is CC(C)(C)c1ccc2c(c1)c1cc(C(C)(C)C)cc3c1n2-c1cc(C(C)(c2ccccc2)c2ccccc2)cc2c1B3c1ccc(N(c3ccccc3)c3ccccc3)cc1N2c1ccccc1. The fourth-order valence-corrected chi connectivity index (χ4v) is 11.3. The highest BCUT2D eigenvalue weighted by atomic mass is 15.2. The Balaban J connectivity index is 1.25. The maximum absolute atomic E-state index is 2.64. The van der Waals surface area contributed by atoms with Crippen molar-refractivity contribution >= 4 is 79.0 Å². The topological polar surface area (TPSA) is 11.4 Å². The van der Waals surface area contributed by atoms with Crippen LogP contribution in [-0.4, -0.2) is 11.3 Å². The van der Waals surface area contributed by atoms with Crippen LogP contribution in [0.15, 0.2) is 212 Å². The molecular formula is C64H56BN3. The van der Waals surface area contributed by atoms with E-state index in [1.807, 2.05) is 0 Å². The van der Waals surface area contributed by atoms with Crippen LogP contribution in [0.4, 0.5) is 34.1 Å². The van der Waals surface area contributed by atoms with Crippen molar-refractivity contribution < 1.29 is 0 Å². The van der Waals surface area contributed by atoms with E-state index < -0.39 is 5.41 Å². The fourth-order valence-electron chi connectivity index (χ4n) is 11.3. The van der Waals surface area contributed by atoms with E-state index in [2.05, 4.69) is 275 Å². The normalized spacial score (nSPS) is 13.2. The molecule has 0 spiro atoms. The number of benzene rings is 9. The van der Waals surface area contributed by atoms with Crippen molar-refractivity contribution in [1.29, 1.82) is 0 Å². The van der Waals surface area contributed by atoms with Crippen LogP contribution in [0.2, 0.25) is 0 Å². The third kappa shape index (κ3) is 6.49. The van der Waals surface area contributed by atoms with E-state index in [-0.39, 0.29) is 17.5 Å². The summed E-state index contributed by atoms with van der Waals surface area (Å²) in [5, 5.41) is 2.63. The highest BCUT2D eigenvalue weighted by Gasteiger charge is 2.45. The van der Waals surface area contributed by atoms with Gasteiger partial charge in [-0.25, -0.2) is 0 Å². The number of rotatable bonds is 7. The van der Waals surface area contributed by atoms with Gasteiger partial charge in [0.2, 0.25) is 0 Å². The first-order valence-electron chi connectivity index (χ1n) is 24.2. The lowest BCUT2D eigenvalue weighted by Gasteiger charge is -2.43. The van der Waals surface area contributed by atoms with Gasteiger partial charge in [-0.15, -0.1) is 0 Å². The van der Waals surface area contributed by atoms with Gasteiger partial charge in [0.05, 0.1) is 5.52 Å². The molecule has 1 aromatic heterocycles. The fraction of sp³-hybridized carbons (Fsp3) is 0.156. The van der Waals surface area contributed by atoms with Crippen LogP contribution in [0.25, 0.3) is 27.5 Å². The molecule has 2 aliphatic heterocycles. The molecular weight excluding hydrogens is 822 g/mol. The third-order valence-electron chi connectivity index (χ3n) is 15.0. The molecule has 0 radical (unpaired) electrons. The van der Waals surface area contributed by atoms with Crippen molar-refractivity contribution in [2.45, 2.75) is 64.7 Å². The van der Waals surface area contributed by atoms with Crippen LogP contribution in [0.1, 0.15) is 76.3 Å². The zero-order chi connectivity index (χ0) is 46.5. The third-order valence-corrected chi connectivity index (χ3v) is 15.0. The second-order valence-corrected chi connectivity index (χ2v) is 21.2. The molecule has 3 heterocycles. The van der Waals surface area contributed by atoms with Crippen LogP contribution in [0.3, 0.4) is 0 Å². The molecule has 0 saturated heterocycles. The van der Waals surface area contributed by atoms with E-state index in [9.17, 15) is 0 Å². The molecule has 0 amide bonds. The average Bonchev–Trinajstić information content (AvgIpc) is 3.70. The highest BCUT2D eigenvalue weighted by molar-refractivity contribution is 7.00. The van der Waals surface area contributed by atoms with Crippen LogP contribution in [0.5, 0.6) is 0 Å². The quantitative estimate of drug-likeness (QED) is 0.117. The molecule has 9 aromatic carbocycles. The van der Waals surface area contributed by atoms with E-state index >= 15 is 0 Å². The predicted octanol–water partition coefficient (Wildman–Crippen LogP) is 14.8. The van der Waals surface area contributed by atoms with Crippen molar-refractivity contribution in [2.24, 2.45) is 0 Å². The minimum Gasteiger partial charge on any atom is -0.311 e. The summed E-state index contributed by atoms with van der Waals surface area (Å²) in [5.41, 5.74) is 20.5. The van der Waals surface area contributed by atoms with Gasteiger partial charge in [0.25, 0.3) is 6.71 Å². The molecule has 0 saturated carbocycles. The van der Waals surface area contributed by atoms with Gasteiger partial charge in [-0.2, -0.15) is 0 Å². The van der Waals surface area contributed by atoms with E-state index in [0.29, 0.717) is 0 Å². The van der Waals surface area contributed by atoms with Crippen LogP contribution in [-0.2, 0) is 16.2 Å². The van der Waals surface area contributed by atoms with Gasteiger partial charge in [-0.05, 0) is 141 Å². The summed E-state index contributed by atoms with van der Waals surface area (Å²) in [4.78, 5) is 4.97. The summed E-state index contributed by atoms with van der Waals surface area (Å²) in [6.45, 7) is 16.5. The number of fused-ring (bicyclic) bond motifs is 7. The van der Waals surface area contributed by atoms with E-state index in [1.165, 1.54) is 83.1 Å². The second-order valence-electron chi connectivity index (χ2n) is 21.2. The maximum atomic E-state index is 2.64. The Labute approximate surface area is 402 Å². The first-order valence-corrected chi connectivity index (χ1v) is 24.2. The Morgan fingerprint density at radius 2 is 0.912 bits per heavy atom. The van der Waals surface area contributed by atoms with Crippen molar-refractivity contribution in [3.63, 3.8) is 0 Å². The minimum atomic E-state index is -0.497. The molecule has 4 heteroatoms. The van der Waals surface area contributed by atoms with Crippen molar-refractivity contribution in [1.82, 2.24) is 4.57 Å². The lowest BCUT2D eigenvalue weighted by atomic mass is 9.33. The largest absolute Gasteiger partial charge is 0.311 e. The molecule has 10 aromatic rings. The standard InChI is InChI=1S/C64H56BN3/c1-62(2,3)45-33-36-56-52(37-45)53-38-46(63(4,5)6)39-55-61(53)68(56)59-41-47(64(7,43-23-13-8-14-24-43)44-25-15-9-16-26-44)40-58-60(59)65(55)54-35-34-51(42-57(54)67(58)50-31-21-12-22-32-50)66(48-27-17-10-18-28-48)49-29-19-11-20-30-49/h8-42H,1-7H3. The number of hydrogen-bond acceptors (Lipinski definition) is 2. The smallest absolute Gasteiger partial charge is 0.252 e. The number of para-hydroxylation sites is 3. The molecule has 0 fully saturated rings. The molecule has 330 valence electrons. The number of anilines is 6. The van der Waals surface area contributed by atoms with Gasteiger partial charge in [0.1, 0.15) is 0 Å². The monoisotopic (exact) mass is 877 g/mol. The molecule has 0 atom stereocenters. The zero-order valence-corrected chi connectivity index (χ0v) is 40.1. The molecule has 2 aliphatic rings. The van der Waals surface area contributed by atoms with Gasteiger partial charge in [-0.3, -0.25) is 0 Å². The van der Waals surface area contributed by atoms with Gasteiger partial charge in [-0.1, -0.05) is 175 Å². The number of nitrogens with zero attached hydrogens (tertiary/aromatic N) is 3. The van der Waals surface area contributed by atoms with Crippen LogP contribution in [0, 0.1) is 0 Å². The number of hydrogen-bond donors (Lipinski definition) is 0. The van der Waals surface area contributed by atoms with Crippen molar-refractivity contribution in [3.05, 3.63) is 240 Å². The summed E-state index contributed by atoms with van der Waals surface area (Å²) in [6.07, 6.45) is 0. The Bertz CT molecular complexity index is 3450. The Kier molecular flexibility index (Phi) is 9.54. The summed E-state index contributed by atoms with van der Waals surface area (Å²) >= 11 is 0. The van der Waals surface area contributed by atoms with Gasteiger partial charge >= 0.3 is 0 Å². The zero-order valence-electron chi connectivity index (χ0n) is 40.1. The lowest BCUT2D eigenvalue weighted by molar-refractivity contribution is 0.590. The Morgan fingerprint density at radius 1 is 0.382 bits per heavy atom. The van der Waals surface area contributed by atoms with Gasteiger partial charge in [0.15, 0.2) is 0 Å². The lowest BCUT2D eigenvalue weighted by Crippen LogP contribution is -2.60. The Hall–Kier alpha value is -7.56. The minimum absolute atomic E-state index is 0.00957. The van der Waals surface area contributed by atoms with Crippen molar-refractivity contribution in [3.8, 4) is 5.69 Å². The van der Waals surface area contributed by atoms with Gasteiger partial charge in [0, 0.05) is 61.5 Å². The molecule has 0 unspecified atom stereocenters. The van der Waals surface area contributed by atoms with E-state index in [4.69, 9.17) is 0 Å². The van der Waals surface area contributed by atoms with E-state index in [1.54, 1.807) is 0 Å². The summed E-state index contributed by atoms with van der Waals surface area (Å²) in [7, 11) is 0. The molecule has 3 nitrogen and oxygen atoms in total. The van der Waals surface area contributed by atoms with Crippen LogP contribution < -0.4 is 26.2 Å². The van der Waals surface area contributed by atoms with Crippen LogP contribution >= 0.6 is 0 Å². The Morgan fingerprint density at radius 3 is 1.49 bits per heavy atom. The first kappa shape index (κ1) is 41.8. The molecule has 0 bridgehead atoms. The van der Waals surface area contributed by atoms with E-state index in [0.717, 1.165) is 22.7 Å². The molecule has 0 N–H and O–H groups in total. The first-order chi connectivity index (χ1) is 32.9. The maximum Gasteiger partial charge on any atom is 0.252 e. The summed E-state index contributed by atoms with van der Waals surface area (Å²) in [5.74, 6) is 0. The molecule has 0 aliphatic carbocycles. The molecule has 12 rings (SSSR count). The predicted molar refractivity (Wildman–Crippen MR) is 291 cm³/mol.